The van der Waals surface area contributed by atoms with Crippen molar-refractivity contribution in [2.24, 2.45) is 0 Å². The van der Waals surface area contributed by atoms with E-state index in [0.29, 0.717) is 18.1 Å². The minimum atomic E-state index is -0.455. The molecule has 0 amide bonds. The maximum absolute atomic E-state index is 12.0. The molecule has 166 valence electrons. The van der Waals surface area contributed by atoms with Gasteiger partial charge in [0, 0.05) is 30.9 Å². The first-order valence-corrected chi connectivity index (χ1v) is 10.9. The van der Waals surface area contributed by atoms with Gasteiger partial charge in [0.25, 0.3) is 5.89 Å². The van der Waals surface area contributed by atoms with Gasteiger partial charge in [-0.15, -0.1) is 0 Å². The highest BCUT2D eigenvalue weighted by Crippen LogP contribution is 2.29. The number of allylic oxidation sites excluding steroid dienone is 1. The van der Waals surface area contributed by atoms with E-state index in [2.05, 4.69) is 28.6 Å². The molecule has 0 aliphatic rings. The van der Waals surface area contributed by atoms with Gasteiger partial charge in [-0.3, -0.25) is 9.78 Å². The maximum atomic E-state index is 12.0. The summed E-state index contributed by atoms with van der Waals surface area (Å²) in [5.74, 6) is 1.16. The molecule has 0 aliphatic heterocycles. The van der Waals surface area contributed by atoms with E-state index in [-0.39, 0.29) is 11.9 Å². The molecule has 3 aromatic heterocycles. The van der Waals surface area contributed by atoms with Gasteiger partial charge < -0.3 is 13.7 Å². The number of ether oxygens (including phenoxy) is 1. The van der Waals surface area contributed by atoms with Crippen molar-refractivity contribution in [3.05, 3.63) is 42.8 Å². The molecule has 0 saturated heterocycles. The molecule has 0 aliphatic carbocycles. The third-order valence-electron chi connectivity index (χ3n) is 4.97. The smallest absolute Gasteiger partial charge is 0.306 e. The number of carbonyl (C=O) groups is 1. The predicted molar refractivity (Wildman–Crippen MR) is 121 cm³/mol. The summed E-state index contributed by atoms with van der Waals surface area (Å²) in [6.45, 7) is 13.7. The molecule has 3 aromatic rings. The number of fused-ring (bicyclic) bond motifs is 1. The molecule has 0 bridgehead atoms. The Kier molecular flexibility index (Phi) is 6.93. The van der Waals surface area contributed by atoms with Crippen molar-refractivity contribution in [2.45, 2.75) is 78.2 Å². The quantitative estimate of drug-likeness (QED) is 0.403. The van der Waals surface area contributed by atoms with Crippen LogP contribution in [0.25, 0.3) is 22.5 Å². The highest BCUT2D eigenvalue weighted by atomic mass is 16.6. The Labute approximate surface area is 183 Å². The SMILES string of the molecule is C=C(C)c1nccn2cc(-c3nc(C(CCC)CCCC(=O)OC(C)(C)C)no3)cc12. The number of carbonyl (C=O) groups excluding carboxylic acids is 1. The minimum absolute atomic E-state index is 0.148. The van der Waals surface area contributed by atoms with Gasteiger partial charge in [-0.1, -0.05) is 25.1 Å². The van der Waals surface area contributed by atoms with E-state index >= 15 is 0 Å². The monoisotopic (exact) mass is 424 g/mol. The molecule has 3 rings (SSSR count). The van der Waals surface area contributed by atoms with E-state index in [1.54, 1.807) is 6.20 Å². The molecule has 0 aromatic carbocycles. The van der Waals surface area contributed by atoms with Crippen LogP contribution in [0.15, 0.2) is 35.8 Å². The van der Waals surface area contributed by atoms with E-state index in [1.165, 1.54) is 0 Å². The van der Waals surface area contributed by atoms with Gasteiger partial charge in [-0.2, -0.15) is 4.98 Å². The Balaban J connectivity index is 1.73. The van der Waals surface area contributed by atoms with Gasteiger partial charge in [0.2, 0.25) is 0 Å². The Bertz CT molecular complexity index is 1060. The number of hydrogen-bond donors (Lipinski definition) is 0. The molecule has 0 fully saturated rings. The zero-order valence-corrected chi connectivity index (χ0v) is 19.1. The molecule has 0 radical (unpaired) electrons. The first-order chi connectivity index (χ1) is 14.7. The summed E-state index contributed by atoms with van der Waals surface area (Å²) in [6, 6.07) is 1.99. The number of nitrogens with zero attached hydrogens (tertiary/aromatic N) is 4. The normalized spacial score (nSPS) is 12.8. The maximum Gasteiger partial charge on any atom is 0.306 e. The first kappa shape index (κ1) is 22.7. The van der Waals surface area contributed by atoms with Gasteiger partial charge in [0.15, 0.2) is 5.82 Å². The van der Waals surface area contributed by atoms with Crippen molar-refractivity contribution in [1.29, 1.82) is 0 Å². The van der Waals surface area contributed by atoms with Gasteiger partial charge in [0.1, 0.15) is 5.60 Å². The van der Waals surface area contributed by atoms with Crippen LogP contribution in [-0.4, -0.2) is 31.1 Å². The van der Waals surface area contributed by atoms with Crippen LogP contribution < -0.4 is 0 Å². The van der Waals surface area contributed by atoms with Gasteiger partial charge in [-0.05, 0) is 58.6 Å². The number of aromatic nitrogens is 4. The van der Waals surface area contributed by atoms with Crippen LogP contribution >= 0.6 is 0 Å². The van der Waals surface area contributed by atoms with E-state index in [4.69, 9.17) is 9.26 Å². The van der Waals surface area contributed by atoms with E-state index in [0.717, 1.165) is 48.0 Å². The zero-order chi connectivity index (χ0) is 22.6. The van der Waals surface area contributed by atoms with E-state index in [9.17, 15) is 4.79 Å². The summed E-state index contributed by atoms with van der Waals surface area (Å²) in [6.07, 6.45) is 9.48. The molecule has 0 N–H and O–H groups in total. The fourth-order valence-corrected chi connectivity index (χ4v) is 3.64. The molecule has 0 saturated carbocycles. The Hall–Kier alpha value is -2.96. The second kappa shape index (κ2) is 9.45. The molecule has 31 heavy (non-hydrogen) atoms. The molecule has 3 heterocycles. The van der Waals surface area contributed by atoms with Gasteiger partial charge >= 0.3 is 5.97 Å². The summed E-state index contributed by atoms with van der Waals surface area (Å²) in [7, 11) is 0. The topological polar surface area (TPSA) is 82.5 Å². The summed E-state index contributed by atoms with van der Waals surface area (Å²) in [4.78, 5) is 21.1. The lowest BCUT2D eigenvalue weighted by atomic mass is 9.96. The van der Waals surface area contributed by atoms with Crippen molar-refractivity contribution < 1.29 is 14.1 Å². The highest BCUT2D eigenvalue weighted by Gasteiger charge is 2.21. The van der Waals surface area contributed by atoms with Crippen molar-refractivity contribution in [3.63, 3.8) is 0 Å². The molecular formula is C24H32N4O3. The average molecular weight is 425 g/mol. The fourth-order valence-electron chi connectivity index (χ4n) is 3.64. The van der Waals surface area contributed by atoms with Crippen LogP contribution in [0.2, 0.25) is 0 Å². The first-order valence-electron chi connectivity index (χ1n) is 10.9. The van der Waals surface area contributed by atoms with Crippen LogP contribution in [0.4, 0.5) is 0 Å². The van der Waals surface area contributed by atoms with Crippen LogP contribution in [-0.2, 0) is 9.53 Å². The minimum Gasteiger partial charge on any atom is -0.460 e. The Morgan fingerprint density at radius 2 is 2.10 bits per heavy atom. The Morgan fingerprint density at radius 1 is 1.32 bits per heavy atom. The van der Waals surface area contributed by atoms with E-state index in [1.807, 2.05) is 50.6 Å². The lowest BCUT2D eigenvalue weighted by Crippen LogP contribution is -2.23. The second-order valence-corrected chi connectivity index (χ2v) is 9.00. The Morgan fingerprint density at radius 3 is 2.77 bits per heavy atom. The number of hydrogen-bond acceptors (Lipinski definition) is 6. The average Bonchev–Trinajstić information content (AvgIpc) is 3.32. The number of rotatable bonds is 9. The third kappa shape index (κ3) is 5.81. The predicted octanol–water partition coefficient (Wildman–Crippen LogP) is 5.81. The van der Waals surface area contributed by atoms with Crippen LogP contribution in [0.5, 0.6) is 0 Å². The largest absolute Gasteiger partial charge is 0.460 e. The second-order valence-electron chi connectivity index (χ2n) is 9.00. The fraction of sp³-hybridized carbons (Fsp3) is 0.500. The van der Waals surface area contributed by atoms with Crippen LogP contribution in [0.3, 0.4) is 0 Å². The van der Waals surface area contributed by atoms with Gasteiger partial charge in [-0.25, -0.2) is 0 Å². The van der Waals surface area contributed by atoms with E-state index < -0.39 is 5.60 Å². The standard InChI is InChI=1S/C24H32N4O3/c1-7-9-17(10-8-11-20(29)30-24(4,5)6)22-26-23(31-27-22)18-14-19-21(16(2)3)25-12-13-28(19)15-18/h12-15,17H,2,7-11H2,1,3-6H3. The lowest BCUT2D eigenvalue weighted by Gasteiger charge is -2.19. The zero-order valence-electron chi connectivity index (χ0n) is 19.1. The molecule has 7 nitrogen and oxygen atoms in total. The van der Waals surface area contributed by atoms with Gasteiger partial charge in [0.05, 0.1) is 16.8 Å². The third-order valence-corrected chi connectivity index (χ3v) is 4.97. The van der Waals surface area contributed by atoms with Crippen molar-refractivity contribution in [2.75, 3.05) is 0 Å². The highest BCUT2D eigenvalue weighted by molar-refractivity contribution is 5.77. The molecule has 7 heteroatoms. The van der Waals surface area contributed by atoms with Crippen molar-refractivity contribution in [3.8, 4) is 11.5 Å². The van der Waals surface area contributed by atoms with Crippen LogP contribution in [0.1, 0.15) is 84.2 Å². The van der Waals surface area contributed by atoms with Crippen molar-refractivity contribution in [1.82, 2.24) is 19.5 Å². The van der Waals surface area contributed by atoms with Crippen LogP contribution in [0, 0.1) is 0 Å². The summed E-state index contributed by atoms with van der Waals surface area (Å²) in [5.41, 5.74) is 3.09. The van der Waals surface area contributed by atoms with Crippen molar-refractivity contribution >= 4 is 17.1 Å². The summed E-state index contributed by atoms with van der Waals surface area (Å²) in [5, 5.41) is 4.25. The molecule has 1 unspecified atom stereocenters. The summed E-state index contributed by atoms with van der Waals surface area (Å²) < 4.78 is 13.0. The number of esters is 1. The molecule has 0 spiro atoms. The summed E-state index contributed by atoms with van der Waals surface area (Å²) >= 11 is 0. The molecule has 1 atom stereocenters. The molecular weight excluding hydrogens is 392 g/mol. The lowest BCUT2D eigenvalue weighted by molar-refractivity contribution is -0.154.